The molecule has 7 heteroatoms. The molecule has 1 heterocycles. The third-order valence-electron chi connectivity index (χ3n) is 7.48. The maximum atomic E-state index is 11.2. The molecule has 1 fully saturated rings. The van der Waals surface area contributed by atoms with Crippen molar-refractivity contribution in [2.75, 3.05) is 20.8 Å². The van der Waals surface area contributed by atoms with Gasteiger partial charge in [-0.2, -0.15) is 0 Å². The van der Waals surface area contributed by atoms with Crippen molar-refractivity contribution in [3.63, 3.8) is 0 Å². The van der Waals surface area contributed by atoms with Gasteiger partial charge in [0.2, 0.25) is 0 Å². The summed E-state index contributed by atoms with van der Waals surface area (Å²) in [5.74, 6) is 0.736. The van der Waals surface area contributed by atoms with E-state index in [1.54, 1.807) is 7.11 Å². The highest BCUT2D eigenvalue weighted by molar-refractivity contribution is 5.47. The fourth-order valence-electron chi connectivity index (χ4n) is 5.30. The molecule has 0 aromatic heterocycles. The monoisotopic (exact) mass is 556 g/mol. The summed E-state index contributed by atoms with van der Waals surface area (Å²) in [5.41, 5.74) is 2.65. The number of ether oxygens (including phenoxy) is 5. The minimum Gasteiger partial charge on any atom is -0.497 e. The number of methoxy groups -OCH3 is 2. The van der Waals surface area contributed by atoms with Gasteiger partial charge < -0.3 is 33.9 Å². The molecular formula is C34H36O7. The lowest BCUT2D eigenvalue weighted by atomic mass is 9.80. The van der Waals surface area contributed by atoms with E-state index < -0.39 is 36.3 Å². The van der Waals surface area contributed by atoms with Crippen molar-refractivity contribution in [3.05, 3.63) is 138 Å². The van der Waals surface area contributed by atoms with Crippen LogP contribution >= 0.6 is 0 Å². The average Bonchev–Trinajstić information content (AvgIpc) is 3.04. The molecule has 0 saturated carbocycles. The molecule has 0 radical (unpaired) electrons. The Kier molecular flexibility index (Phi) is 9.46. The standard InChI is InChI=1S/C34H36O7/c1-37-28-20-18-24(19-21-28)22-39-32-31(36)30(35)29(41-33(32)38-2)23-40-34(25-12-6-3-7-13-25,26-14-8-4-9-15-26)27-16-10-5-11-17-27/h3-21,29-33,35-36H,22-23H2,1-2H3/t29-,30-,31+,32-,33+/m1/s1. The summed E-state index contributed by atoms with van der Waals surface area (Å²) in [6.07, 6.45) is -5.25. The van der Waals surface area contributed by atoms with Crippen LogP contribution in [0.3, 0.4) is 0 Å². The van der Waals surface area contributed by atoms with E-state index in [1.165, 1.54) is 7.11 Å². The van der Waals surface area contributed by atoms with Crippen molar-refractivity contribution in [3.8, 4) is 5.75 Å². The first-order chi connectivity index (χ1) is 20.1. The molecule has 5 rings (SSSR count). The van der Waals surface area contributed by atoms with Crippen LogP contribution in [0.25, 0.3) is 0 Å². The first-order valence-corrected chi connectivity index (χ1v) is 13.7. The van der Waals surface area contributed by atoms with E-state index in [0.29, 0.717) is 0 Å². The average molecular weight is 557 g/mol. The van der Waals surface area contributed by atoms with E-state index in [-0.39, 0.29) is 13.2 Å². The third kappa shape index (κ3) is 6.21. The Morgan fingerprint density at radius 2 is 1.20 bits per heavy atom. The highest BCUT2D eigenvalue weighted by Gasteiger charge is 2.47. The molecule has 2 N–H and O–H groups in total. The fraction of sp³-hybridized carbons (Fsp3) is 0.294. The number of aliphatic hydroxyl groups excluding tert-OH is 2. The zero-order valence-electron chi connectivity index (χ0n) is 23.2. The van der Waals surface area contributed by atoms with Gasteiger partial charge in [0.1, 0.15) is 35.8 Å². The summed E-state index contributed by atoms with van der Waals surface area (Å²) in [6, 6.07) is 37.3. The van der Waals surface area contributed by atoms with Crippen LogP contribution in [0, 0.1) is 0 Å². The quantitative estimate of drug-likeness (QED) is 0.260. The highest BCUT2D eigenvalue weighted by atomic mass is 16.7. The van der Waals surface area contributed by atoms with Crippen LogP contribution in [0.1, 0.15) is 22.3 Å². The van der Waals surface area contributed by atoms with Crippen molar-refractivity contribution >= 4 is 0 Å². The Hall–Kier alpha value is -3.56. The lowest BCUT2D eigenvalue weighted by Crippen LogP contribution is -2.60. The van der Waals surface area contributed by atoms with E-state index in [9.17, 15) is 10.2 Å². The molecule has 0 aliphatic carbocycles. The predicted molar refractivity (Wildman–Crippen MR) is 154 cm³/mol. The van der Waals surface area contributed by atoms with Gasteiger partial charge in [-0.05, 0) is 34.4 Å². The molecule has 41 heavy (non-hydrogen) atoms. The smallest absolute Gasteiger partial charge is 0.186 e. The molecule has 0 amide bonds. The summed E-state index contributed by atoms with van der Waals surface area (Å²) in [6.45, 7) is 0.171. The van der Waals surface area contributed by atoms with Crippen LogP contribution in [-0.2, 0) is 31.2 Å². The number of aliphatic hydroxyl groups is 2. The molecule has 0 bridgehead atoms. The van der Waals surface area contributed by atoms with Crippen molar-refractivity contribution in [1.82, 2.24) is 0 Å². The Morgan fingerprint density at radius 1 is 0.683 bits per heavy atom. The van der Waals surface area contributed by atoms with Crippen LogP contribution < -0.4 is 4.74 Å². The van der Waals surface area contributed by atoms with Crippen LogP contribution in [0.2, 0.25) is 0 Å². The maximum absolute atomic E-state index is 11.2. The Bertz CT molecular complexity index is 1230. The summed E-state index contributed by atoms with van der Waals surface area (Å²) in [7, 11) is 3.09. The molecule has 1 aliphatic heterocycles. The van der Waals surface area contributed by atoms with Crippen molar-refractivity contribution < 1.29 is 33.9 Å². The van der Waals surface area contributed by atoms with Gasteiger partial charge in [-0.25, -0.2) is 0 Å². The molecule has 5 atom stereocenters. The number of benzene rings is 4. The Balaban J connectivity index is 1.39. The Morgan fingerprint density at radius 3 is 1.66 bits per heavy atom. The van der Waals surface area contributed by atoms with Crippen molar-refractivity contribution in [2.24, 2.45) is 0 Å². The molecule has 0 spiro atoms. The van der Waals surface area contributed by atoms with Crippen LogP contribution in [0.5, 0.6) is 5.75 Å². The van der Waals surface area contributed by atoms with Gasteiger partial charge in [-0.15, -0.1) is 0 Å². The van der Waals surface area contributed by atoms with E-state index in [0.717, 1.165) is 28.0 Å². The van der Waals surface area contributed by atoms with Gasteiger partial charge in [-0.1, -0.05) is 103 Å². The first-order valence-electron chi connectivity index (χ1n) is 13.7. The van der Waals surface area contributed by atoms with Gasteiger partial charge in [0.05, 0.1) is 20.3 Å². The minimum absolute atomic E-state index is 0.0258. The van der Waals surface area contributed by atoms with E-state index in [4.69, 9.17) is 23.7 Å². The molecule has 1 saturated heterocycles. The normalized spacial score (nSPS) is 22.8. The largest absolute Gasteiger partial charge is 0.497 e. The van der Waals surface area contributed by atoms with Crippen LogP contribution in [0.15, 0.2) is 115 Å². The highest BCUT2D eigenvalue weighted by Crippen LogP contribution is 2.41. The van der Waals surface area contributed by atoms with Crippen LogP contribution in [-0.4, -0.2) is 61.7 Å². The SMILES string of the molecule is COc1ccc(CO[C@H]2[C@@H](OC)O[C@H](COC(c3ccccc3)(c3ccccc3)c3ccccc3)[C@@H](O)[C@@H]2O)cc1. The number of rotatable bonds is 11. The topological polar surface area (TPSA) is 86.6 Å². The molecule has 1 aliphatic rings. The lowest BCUT2D eigenvalue weighted by molar-refractivity contribution is -0.309. The van der Waals surface area contributed by atoms with Crippen molar-refractivity contribution in [2.45, 2.75) is 42.9 Å². The molecule has 4 aromatic carbocycles. The molecular weight excluding hydrogens is 520 g/mol. The zero-order chi connectivity index (χ0) is 28.7. The second kappa shape index (κ2) is 13.4. The molecule has 4 aromatic rings. The predicted octanol–water partition coefficient (Wildman–Crippen LogP) is 4.68. The van der Waals surface area contributed by atoms with Gasteiger partial charge in [0, 0.05) is 7.11 Å². The summed E-state index contributed by atoms with van der Waals surface area (Å²) in [4.78, 5) is 0. The van der Waals surface area contributed by atoms with Gasteiger partial charge in [-0.3, -0.25) is 0 Å². The second-order valence-electron chi connectivity index (χ2n) is 9.97. The summed E-state index contributed by atoms with van der Waals surface area (Å²) in [5, 5.41) is 22.3. The van der Waals surface area contributed by atoms with Gasteiger partial charge in [0.15, 0.2) is 6.29 Å². The summed E-state index contributed by atoms with van der Waals surface area (Å²) >= 11 is 0. The van der Waals surface area contributed by atoms with Crippen LogP contribution in [0.4, 0.5) is 0 Å². The van der Waals surface area contributed by atoms with Gasteiger partial charge >= 0.3 is 0 Å². The third-order valence-corrected chi connectivity index (χ3v) is 7.48. The number of hydrogen-bond acceptors (Lipinski definition) is 7. The van der Waals surface area contributed by atoms with E-state index in [1.807, 2.05) is 115 Å². The van der Waals surface area contributed by atoms with E-state index in [2.05, 4.69) is 0 Å². The number of hydrogen-bond donors (Lipinski definition) is 2. The summed E-state index contributed by atoms with van der Waals surface area (Å²) < 4.78 is 29.7. The van der Waals surface area contributed by atoms with E-state index >= 15 is 0 Å². The minimum atomic E-state index is -1.28. The molecule has 0 unspecified atom stereocenters. The van der Waals surface area contributed by atoms with Crippen molar-refractivity contribution in [1.29, 1.82) is 0 Å². The lowest BCUT2D eigenvalue weighted by Gasteiger charge is -2.43. The molecule has 7 nitrogen and oxygen atoms in total. The Labute approximate surface area is 240 Å². The maximum Gasteiger partial charge on any atom is 0.186 e. The molecule has 214 valence electrons. The second-order valence-corrected chi connectivity index (χ2v) is 9.97. The van der Waals surface area contributed by atoms with Gasteiger partial charge in [0.25, 0.3) is 0 Å². The first kappa shape index (κ1) is 29.0. The zero-order valence-corrected chi connectivity index (χ0v) is 23.2. The fourth-order valence-corrected chi connectivity index (χ4v) is 5.30.